The molecule has 0 radical (unpaired) electrons. The Kier molecular flexibility index (Phi) is 10.3. The monoisotopic (exact) mass is 431 g/mol. The molecule has 0 saturated heterocycles. The highest BCUT2D eigenvalue weighted by Gasteiger charge is 2.38. The Morgan fingerprint density at radius 3 is 2.81 bits per heavy atom. The Morgan fingerprint density at radius 2 is 2.10 bits per heavy atom. The molecule has 0 bridgehead atoms. The van der Waals surface area contributed by atoms with Gasteiger partial charge in [0.2, 0.25) is 0 Å². The Hall–Kier alpha value is -2.64. The van der Waals surface area contributed by atoms with Crippen molar-refractivity contribution in [2.24, 2.45) is 17.0 Å². The minimum atomic E-state index is -0.827. The average Bonchev–Trinajstić information content (AvgIpc) is 3.08. The van der Waals surface area contributed by atoms with Gasteiger partial charge >= 0.3 is 5.97 Å². The lowest BCUT2D eigenvalue weighted by molar-refractivity contribution is -0.140. The third kappa shape index (κ3) is 7.84. The highest BCUT2D eigenvalue weighted by Crippen LogP contribution is 2.34. The van der Waals surface area contributed by atoms with Gasteiger partial charge in [0.1, 0.15) is 18.5 Å². The van der Waals surface area contributed by atoms with Crippen LogP contribution in [0.3, 0.4) is 0 Å². The molecule has 1 fully saturated rings. The number of rotatable bonds is 11. The fourth-order valence-electron chi connectivity index (χ4n) is 3.69. The molecule has 1 aromatic rings. The largest absolute Gasteiger partial charge is 0.490 e. The highest BCUT2D eigenvalue weighted by molar-refractivity contribution is 5.90. The summed E-state index contributed by atoms with van der Waals surface area (Å²) in [4.78, 5) is 11.1. The van der Waals surface area contributed by atoms with Crippen molar-refractivity contribution in [1.82, 2.24) is 0 Å². The first-order valence-corrected chi connectivity index (χ1v) is 10.6. The van der Waals surface area contributed by atoms with Crippen LogP contribution in [0, 0.1) is 18.8 Å². The predicted octanol–water partition coefficient (Wildman–Crippen LogP) is 3.41. The molecule has 1 aliphatic rings. The topological polar surface area (TPSA) is 109 Å². The summed E-state index contributed by atoms with van der Waals surface area (Å²) in [6.07, 6.45) is 8.64. The van der Waals surface area contributed by atoms with E-state index in [4.69, 9.17) is 4.74 Å². The molecular weight excluding hydrogens is 398 g/mol. The van der Waals surface area contributed by atoms with Gasteiger partial charge in [-0.15, -0.1) is 0 Å². The van der Waals surface area contributed by atoms with E-state index in [1.165, 1.54) is 7.11 Å². The van der Waals surface area contributed by atoms with Crippen LogP contribution in [-0.2, 0) is 9.53 Å². The number of unbranched alkanes of at least 4 members (excludes halogenated alkanes) is 1. The molecule has 0 spiro atoms. The fraction of sp³-hybridized carbons (Fsp3) is 0.500. The van der Waals surface area contributed by atoms with Gasteiger partial charge in [0.25, 0.3) is 0 Å². The number of carbonyl (C=O) groups excluding carboxylic acids is 1. The summed E-state index contributed by atoms with van der Waals surface area (Å²) in [6.45, 7) is 2.04. The van der Waals surface area contributed by atoms with Crippen LogP contribution < -0.4 is 4.74 Å². The van der Waals surface area contributed by atoms with E-state index in [2.05, 4.69) is 9.89 Å². The van der Waals surface area contributed by atoms with Crippen LogP contribution in [0.5, 0.6) is 5.75 Å². The Labute approximate surface area is 183 Å². The first-order valence-electron chi connectivity index (χ1n) is 10.6. The van der Waals surface area contributed by atoms with Gasteiger partial charge in [-0.2, -0.15) is 0 Å². The van der Waals surface area contributed by atoms with E-state index < -0.39 is 12.2 Å². The van der Waals surface area contributed by atoms with E-state index in [1.807, 2.05) is 43.3 Å². The Bertz CT molecular complexity index is 788. The number of ether oxygens (including phenoxy) is 2. The molecule has 0 aliphatic heterocycles. The Morgan fingerprint density at radius 1 is 1.32 bits per heavy atom. The highest BCUT2D eigenvalue weighted by atomic mass is 16.5. The third-order valence-corrected chi connectivity index (χ3v) is 5.49. The SMILES string of the molecule is COC(=O)CCC/C=C/CC1C(O)C/C(=N/O)C1/C=C/C(O)COc1ccccc1C. The van der Waals surface area contributed by atoms with Crippen molar-refractivity contribution >= 4 is 11.7 Å². The summed E-state index contributed by atoms with van der Waals surface area (Å²) in [6, 6.07) is 7.59. The zero-order valence-corrected chi connectivity index (χ0v) is 18.2. The summed E-state index contributed by atoms with van der Waals surface area (Å²) in [7, 11) is 1.37. The van der Waals surface area contributed by atoms with Crippen LogP contribution in [0.1, 0.15) is 37.7 Å². The van der Waals surface area contributed by atoms with E-state index in [-0.39, 0.29) is 24.4 Å². The second-order valence-electron chi connectivity index (χ2n) is 7.76. The summed E-state index contributed by atoms with van der Waals surface area (Å²) >= 11 is 0. The number of oxime groups is 1. The maximum Gasteiger partial charge on any atom is 0.305 e. The van der Waals surface area contributed by atoms with Crippen LogP contribution in [0.15, 0.2) is 53.7 Å². The van der Waals surface area contributed by atoms with Crippen molar-refractivity contribution in [2.45, 2.75) is 51.2 Å². The van der Waals surface area contributed by atoms with Gasteiger partial charge in [-0.1, -0.05) is 47.7 Å². The molecule has 0 amide bonds. The summed E-state index contributed by atoms with van der Waals surface area (Å²) in [5.41, 5.74) is 1.49. The zero-order valence-electron chi connectivity index (χ0n) is 18.2. The van der Waals surface area contributed by atoms with Crippen molar-refractivity contribution in [3.05, 3.63) is 54.1 Å². The lowest BCUT2D eigenvalue weighted by atomic mass is 9.90. The van der Waals surface area contributed by atoms with Crippen molar-refractivity contribution in [3.63, 3.8) is 0 Å². The van der Waals surface area contributed by atoms with Crippen molar-refractivity contribution in [1.29, 1.82) is 0 Å². The minimum Gasteiger partial charge on any atom is -0.490 e. The summed E-state index contributed by atoms with van der Waals surface area (Å²) in [5, 5.41) is 33.4. The smallest absolute Gasteiger partial charge is 0.305 e. The number of aliphatic hydroxyl groups is 2. The first kappa shape index (κ1) is 24.6. The molecule has 3 N–H and O–H groups in total. The van der Waals surface area contributed by atoms with E-state index >= 15 is 0 Å². The molecule has 4 atom stereocenters. The molecule has 2 rings (SSSR count). The molecule has 1 aromatic carbocycles. The van der Waals surface area contributed by atoms with E-state index in [0.717, 1.165) is 17.7 Å². The maximum absolute atomic E-state index is 11.1. The van der Waals surface area contributed by atoms with Crippen LogP contribution in [0.2, 0.25) is 0 Å². The number of benzene rings is 1. The van der Waals surface area contributed by atoms with Crippen LogP contribution in [-0.4, -0.2) is 53.0 Å². The Balaban J connectivity index is 1.89. The van der Waals surface area contributed by atoms with Crippen LogP contribution in [0.25, 0.3) is 0 Å². The van der Waals surface area contributed by atoms with E-state index in [1.54, 1.807) is 12.2 Å². The number of allylic oxidation sites excluding steroid dienone is 3. The molecule has 1 aliphatic carbocycles. The average molecular weight is 432 g/mol. The van der Waals surface area contributed by atoms with Gasteiger partial charge in [0.15, 0.2) is 0 Å². The van der Waals surface area contributed by atoms with Gasteiger partial charge in [-0.3, -0.25) is 4.79 Å². The summed E-state index contributed by atoms with van der Waals surface area (Å²) < 4.78 is 10.3. The van der Waals surface area contributed by atoms with Gasteiger partial charge in [0, 0.05) is 24.7 Å². The van der Waals surface area contributed by atoms with Crippen molar-refractivity contribution < 1.29 is 29.7 Å². The molecule has 1 saturated carbocycles. The van der Waals surface area contributed by atoms with Gasteiger partial charge in [-0.25, -0.2) is 0 Å². The number of methoxy groups -OCH3 is 1. The molecule has 0 heterocycles. The van der Waals surface area contributed by atoms with E-state index in [0.29, 0.717) is 31.4 Å². The molecule has 31 heavy (non-hydrogen) atoms. The number of carbonyl (C=O) groups is 1. The number of aryl methyl sites for hydroxylation is 1. The number of hydrogen-bond donors (Lipinski definition) is 3. The second-order valence-corrected chi connectivity index (χ2v) is 7.76. The number of aliphatic hydroxyl groups excluding tert-OH is 2. The number of hydrogen-bond acceptors (Lipinski definition) is 7. The second kappa shape index (κ2) is 12.9. The zero-order chi connectivity index (χ0) is 22.6. The van der Waals surface area contributed by atoms with Gasteiger partial charge in [0.05, 0.1) is 18.9 Å². The molecule has 7 heteroatoms. The van der Waals surface area contributed by atoms with Crippen molar-refractivity contribution in [3.8, 4) is 5.75 Å². The number of para-hydroxylation sites is 1. The lowest BCUT2D eigenvalue weighted by Crippen LogP contribution is -2.20. The standard InChI is InChI=1S/C24H33NO6/c1-17-9-7-8-11-23(17)31-16-18(26)13-14-19-20(22(27)15-21(19)25-29)10-5-3-4-6-12-24(28)30-2/h3,5,7-9,11,13-14,18-20,22,26-27,29H,4,6,10,12,15-16H2,1-2H3/b5-3+,14-13+,25-21-. The van der Waals surface area contributed by atoms with Crippen LogP contribution >= 0.6 is 0 Å². The first-order chi connectivity index (χ1) is 15.0. The fourth-order valence-corrected chi connectivity index (χ4v) is 3.69. The normalized spacial score (nSPS) is 23.6. The lowest BCUT2D eigenvalue weighted by Gasteiger charge is -2.18. The maximum atomic E-state index is 11.1. The molecule has 0 aromatic heterocycles. The molecule has 4 unspecified atom stereocenters. The molecular formula is C24H33NO6. The predicted molar refractivity (Wildman–Crippen MR) is 118 cm³/mol. The van der Waals surface area contributed by atoms with Crippen LogP contribution in [0.4, 0.5) is 0 Å². The third-order valence-electron chi connectivity index (χ3n) is 5.49. The quantitative estimate of drug-likeness (QED) is 0.163. The van der Waals surface area contributed by atoms with Gasteiger partial charge < -0.3 is 24.9 Å². The van der Waals surface area contributed by atoms with Crippen molar-refractivity contribution in [2.75, 3.05) is 13.7 Å². The number of esters is 1. The molecule has 7 nitrogen and oxygen atoms in total. The van der Waals surface area contributed by atoms with E-state index in [9.17, 15) is 20.2 Å². The van der Waals surface area contributed by atoms with Gasteiger partial charge in [-0.05, 0) is 37.8 Å². The number of nitrogens with zero attached hydrogens (tertiary/aromatic N) is 1. The summed E-state index contributed by atoms with van der Waals surface area (Å²) in [5.74, 6) is 0.0777. The minimum absolute atomic E-state index is 0.104. The molecule has 170 valence electrons.